The third-order valence-electron chi connectivity index (χ3n) is 5.05. The van der Waals surface area contributed by atoms with Gasteiger partial charge in [0.15, 0.2) is 4.32 Å². The second-order valence-corrected chi connectivity index (χ2v) is 9.47. The van der Waals surface area contributed by atoms with Gasteiger partial charge in [-0.25, -0.2) is 0 Å². The highest BCUT2D eigenvalue weighted by atomic mass is 35.5. The maximum absolute atomic E-state index is 13.0. The van der Waals surface area contributed by atoms with Crippen LogP contribution in [0, 0.1) is 17.0 Å². The van der Waals surface area contributed by atoms with E-state index in [-0.39, 0.29) is 27.1 Å². The zero-order valence-corrected chi connectivity index (χ0v) is 20.1. The van der Waals surface area contributed by atoms with E-state index in [1.54, 1.807) is 65.4 Å². The number of nitro groups is 1. The van der Waals surface area contributed by atoms with Crippen LogP contribution in [0.15, 0.2) is 65.7 Å². The van der Waals surface area contributed by atoms with Gasteiger partial charge in [0.1, 0.15) is 0 Å². The van der Waals surface area contributed by atoms with Crippen LogP contribution in [0.25, 0.3) is 6.08 Å². The monoisotopic (exact) mass is 512 g/mol. The molecule has 4 rings (SSSR count). The number of nitro benzene ring substituents is 1. The minimum atomic E-state index is -0.553. The second kappa shape index (κ2) is 9.80. The first kappa shape index (κ1) is 23.7. The van der Waals surface area contributed by atoms with Gasteiger partial charge < -0.3 is 4.57 Å². The van der Waals surface area contributed by atoms with Crippen molar-refractivity contribution in [3.05, 3.63) is 103 Å². The molecule has 0 atom stereocenters. The van der Waals surface area contributed by atoms with Crippen molar-refractivity contribution < 1.29 is 14.5 Å². The average Bonchev–Trinajstić information content (AvgIpc) is 3.33. The molecule has 1 aliphatic rings. The standard InChI is InChI=1S/C23H17ClN4O4S2/c1-14-8-9-17(18(24)11-14)21(29)25-27-22(30)20(34-23(27)33)12-16-6-4-10-26(16)13-15-5-2-3-7-19(15)28(31)32/h2-12H,13H2,1H3,(H,25,29)/b20-12+. The quantitative estimate of drug-likeness (QED) is 0.217. The Kier molecular flexibility index (Phi) is 6.82. The van der Waals surface area contributed by atoms with E-state index in [1.807, 2.05) is 6.92 Å². The first-order valence-corrected chi connectivity index (χ1v) is 11.6. The number of hydrogen-bond donors (Lipinski definition) is 1. The van der Waals surface area contributed by atoms with Crippen LogP contribution in [0.2, 0.25) is 5.02 Å². The number of para-hydroxylation sites is 1. The van der Waals surface area contributed by atoms with E-state index in [1.165, 1.54) is 6.07 Å². The molecule has 2 aromatic carbocycles. The summed E-state index contributed by atoms with van der Waals surface area (Å²) in [6, 6.07) is 15.0. The molecule has 1 aromatic heterocycles. The molecule has 0 saturated carbocycles. The lowest BCUT2D eigenvalue weighted by Gasteiger charge is -2.16. The van der Waals surface area contributed by atoms with Crippen molar-refractivity contribution in [1.29, 1.82) is 0 Å². The molecule has 1 fully saturated rings. The number of benzene rings is 2. The number of nitrogens with zero attached hydrogens (tertiary/aromatic N) is 3. The van der Waals surface area contributed by atoms with E-state index >= 15 is 0 Å². The van der Waals surface area contributed by atoms with Gasteiger partial charge in [0.2, 0.25) is 0 Å². The number of halogens is 1. The molecule has 0 unspecified atom stereocenters. The fourth-order valence-electron chi connectivity index (χ4n) is 3.37. The Morgan fingerprint density at radius 3 is 2.74 bits per heavy atom. The van der Waals surface area contributed by atoms with Crippen LogP contribution in [-0.2, 0) is 11.3 Å². The van der Waals surface area contributed by atoms with Crippen molar-refractivity contribution in [1.82, 2.24) is 15.0 Å². The third-order valence-corrected chi connectivity index (χ3v) is 6.66. The Labute approximate surface area is 209 Å². The number of rotatable bonds is 6. The summed E-state index contributed by atoms with van der Waals surface area (Å²) in [7, 11) is 0. The summed E-state index contributed by atoms with van der Waals surface area (Å²) in [5.74, 6) is -1.03. The lowest BCUT2D eigenvalue weighted by molar-refractivity contribution is -0.385. The molecule has 34 heavy (non-hydrogen) atoms. The highest BCUT2D eigenvalue weighted by Crippen LogP contribution is 2.32. The Bertz CT molecular complexity index is 1370. The van der Waals surface area contributed by atoms with Crippen LogP contribution in [0.3, 0.4) is 0 Å². The molecule has 172 valence electrons. The van der Waals surface area contributed by atoms with Gasteiger partial charge in [-0.3, -0.25) is 25.1 Å². The van der Waals surface area contributed by atoms with E-state index < -0.39 is 16.7 Å². The smallest absolute Gasteiger partial charge is 0.285 e. The van der Waals surface area contributed by atoms with Crippen molar-refractivity contribution in [3.8, 4) is 0 Å². The number of amides is 2. The summed E-state index contributed by atoms with van der Waals surface area (Å²) in [5, 5.41) is 12.6. The minimum Gasteiger partial charge on any atom is -0.343 e. The topological polar surface area (TPSA) is 97.5 Å². The van der Waals surface area contributed by atoms with Crippen molar-refractivity contribution in [2.24, 2.45) is 0 Å². The summed E-state index contributed by atoms with van der Waals surface area (Å²) in [6.07, 6.45) is 3.41. The lowest BCUT2D eigenvalue weighted by Crippen LogP contribution is -2.44. The third kappa shape index (κ3) is 4.89. The van der Waals surface area contributed by atoms with Gasteiger partial charge in [0.05, 0.1) is 27.0 Å². The van der Waals surface area contributed by atoms with Crippen molar-refractivity contribution in [3.63, 3.8) is 0 Å². The molecule has 0 spiro atoms. The average molecular weight is 513 g/mol. The molecule has 2 amide bonds. The minimum absolute atomic E-state index is 0.0194. The lowest BCUT2D eigenvalue weighted by atomic mass is 10.1. The number of hydrazine groups is 1. The van der Waals surface area contributed by atoms with Crippen LogP contribution in [0.5, 0.6) is 0 Å². The van der Waals surface area contributed by atoms with Crippen molar-refractivity contribution in [2.45, 2.75) is 13.5 Å². The molecule has 0 aliphatic carbocycles. The number of thioether (sulfide) groups is 1. The summed E-state index contributed by atoms with van der Waals surface area (Å²) in [6.45, 7) is 2.10. The second-order valence-electron chi connectivity index (χ2n) is 7.39. The summed E-state index contributed by atoms with van der Waals surface area (Å²) in [4.78, 5) is 36.8. The molecule has 2 heterocycles. The molecule has 11 heteroatoms. The van der Waals surface area contributed by atoms with Crippen molar-refractivity contribution >= 4 is 63.5 Å². The molecule has 1 saturated heterocycles. The zero-order chi connectivity index (χ0) is 24.4. The number of carbonyl (C=O) groups excluding carboxylic acids is 2. The molecule has 0 radical (unpaired) electrons. The molecular formula is C23H17ClN4O4S2. The fraction of sp³-hybridized carbons (Fsp3) is 0.0870. The number of carbonyl (C=O) groups is 2. The van der Waals surface area contributed by atoms with Gasteiger partial charge in [-0.15, -0.1) is 0 Å². The van der Waals surface area contributed by atoms with E-state index in [0.29, 0.717) is 16.2 Å². The van der Waals surface area contributed by atoms with Gasteiger partial charge in [0, 0.05) is 23.5 Å². The van der Waals surface area contributed by atoms with Gasteiger partial charge in [-0.2, -0.15) is 5.01 Å². The predicted octanol–water partition coefficient (Wildman–Crippen LogP) is 4.95. The predicted molar refractivity (Wildman–Crippen MR) is 135 cm³/mol. The fourth-order valence-corrected chi connectivity index (χ4v) is 4.86. The number of aromatic nitrogens is 1. The number of hydrogen-bond acceptors (Lipinski definition) is 6. The van der Waals surface area contributed by atoms with Gasteiger partial charge in [-0.05, 0) is 55.0 Å². The van der Waals surface area contributed by atoms with Gasteiger partial charge >= 0.3 is 0 Å². The zero-order valence-electron chi connectivity index (χ0n) is 17.7. The highest BCUT2D eigenvalue weighted by molar-refractivity contribution is 8.26. The highest BCUT2D eigenvalue weighted by Gasteiger charge is 2.34. The Hall–Kier alpha value is -3.47. The molecular weight excluding hydrogens is 496 g/mol. The Balaban J connectivity index is 1.54. The number of aryl methyl sites for hydroxylation is 1. The maximum Gasteiger partial charge on any atom is 0.285 e. The first-order chi connectivity index (χ1) is 16.2. The van der Waals surface area contributed by atoms with Crippen LogP contribution in [0.1, 0.15) is 27.2 Å². The van der Waals surface area contributed by atoms with Gasteiger partial charge in [-0.1, -0.05) is 47.6 Å². The molecule has 8 nitrogen and oxygen atoms in total. The largest absolute Gasteiger partial charge is 0.343 e. The van der Waals surface area contributed by atoms with E-state index in [0.717, 1.165) is 22.3 Å². The molecule has 3 aromatic rings. The van der Waals surface area contributed by atoms with Gasteiger partial charge in [0.25, 0.3) is 17.5 Å². The summed E-state index contributed by atoms with van der Waals surface area (Å²) in [5.41, 5.74) is 4.86. The van der Waals surface area contributed by atoms with Crippen LogP contribution >= 0.6 is 35.6 Å². The Morgan fingerprint density at radius 2 is 2.00 bits per heavy atom. The van der Waals surface area contributed by atoms with Crippen molar-refractivity contribution in [2.75, 3.05) is 0 Å². The molecule has 1 N–H and O–H groups in total. The number of thiocarbonyl (C=S) groups is 1. The molecule has 1 aliphatic heterocycles. The first-order valence-electron chi connectivity index (χ1n) is 9.97. The molecule has 0 bridgehead atoms. The SMILES string of the molecule is Cc1ccc(C(=O)NN2C(=O)/C(=C\c3cccn3Cc3ccccc3[N+](=O)[O-])SC2=S)c(Cl)c1. The van der Waals surface area contributed by atoms with Crippen LogP contribution in [-0.4, -0.2) is 30.6 Å². The summed E-state index contributed by atoms with van der Waals surface area (Å²) < 4.78 is 1.96. The van der Waals surface area contributed by atoms with E-state index in [4.69, 9.17) is 23.8 Å². The van der Waals surface area contributed by atoms with Crippen LogP contribution < -0.4 is 5.43 Å². The normalized spacial score (nSPS) is 14.6. The number of nitrogens with one attached hydrogen (secondary N) is 1. The van der Waals surface area contributed by atoms with E-state index in [2.05, 4.69) is 5.43 Å². The maximum atomic E-state index is 13.0. The summed E-state index contributed by atoms with van der Waals surface area (Å²) >= 11 is 12.5. The van der Waals surface area contributed by atoms with E-state index in [9.17, 15) is 19.7 Å². The Morgan fingerprint density at radius 1 is 1.24 bits per heavy atom. The van der Waals surface area contributed by atoms with Crippen LogP contribution in [0.4, 0.5) is 5.69 Å².